The van der Waals surface area contributed by atoms with Crippen molar-refractivity contribution in [3.63, 3.8) is 0 Å². The summed E-state index contributed by atoms with van der Waals surface area (Å²) in [4.78, 5) is 22.9. The van der Waals surface area contributed by atoms with Crippen LogP contribution in [0.2, 0.25) is 0 Å². The van der Waals surface area contributed by atoms with Crippen molar-refractivity contribution in [3.05, 3.63) is 0 Å². The second-order valence-electron chi connectivity index (χ2n) is 5.96. The summed E-state index contributed by atoms with van der Waals surface area (Å²) in [5, 5.41) is 3.05. The fraction of sp³-hybridized carbons (Fsp3) is 0.875. The van der Waals surface area contributed by atoms with Gasteiger partial charge in [0.2, 0.25) is 5.91 Å². The third kappa shape index (κ3) is 12.4. The summed E-state index contributed by atoms with van der Waals surface area (Å²) >= 11 is 0. The molecule has 0 saturated heterocycles. The smallest absolute Gasteiger partial charge is 0.307 e. The van der Waals surface area contributed by atoms with Crippen LogP contribution in [-0.2, 0) is 14.3 Å². The number of esters is 1. The van der Waals surface area contributed by atoms with Crippen molar-refractivity contribution in [1.29, 1.82) is 0 Å². The van der Waals surface area contributed by atoms with Crippen molar-refractivity contribution in [2.24, 2.45) is 11.7 Å². The summed E-state index contributed by atoms with van der Waals surface area (Å²) in [6.45, 7) is 7.21. The molecule has 0 aromatic heterocycles. The number of hydrogen-bond donors (Lipinski definition) is 2. The Bertz CT molecular complexity index is 293. The topological polar surface area (TPSA) is 81.4 Å². The average molecular weight is 300 g/mol. The van der Waals surface area contributed by atoms with Gasteiger partial charge in [0.25, 0.3) is 0 Å². The van der Waals surface area contributed by atoms with E-state index in [4.69, 9.17) is 10.5 Å². The molecule has 5 nitrogen and oxygen atoms in total. The van der Waals surface area contributed by atoms with Gasteiger partial charge < -0.3 is 15.8 Å². The molecule has 1 atom stereocenters. The summed E-state index contributed by atoms with van der Waals surface area (Å²) in [6.07, 6.45) is 7.13. The van der Waals surface area contributed by atoms with E-state index >= 15 is 0 Å². The number of rotatable bonds is 13. The van der Waals surface area contributed by atoms with E-state index in [9.17, 15) is 9.59 Å². The van der Waals surface area contributed by atoms with Gasteiger partial charge in [-0.05, 0) is 18.9 Å². The number of ether oxygens (including phenoxy) is 1. The maximum Gasteiger partial charge on any atom is 0.307 e. The number of amides is 1. The normalized spacial score (nSPS) is 12.4. The van der Waals surface area contributed by atoms with E-state index in [1.807, 2.05) is 13.8 Å². The lowest BCUT2D eigenvalue weighted by atomic mass is 10.1. The van der Waals surface area contributed by atoms with E-state index in [2.05, 4.69) is 12.2 Å². The Morgan fingerprint density at radius 1 is 1.10 bits per heavy atom. The van der Waals surface area contributed by atoms with Gasteiger partial charge in [-0.3, -0.25) is 9.59 Å². The van der Waals surface area contributed by atoms with E-state index in [1.54, 1.807) is 0 Å². The highest BCUT2D eigenvalue weighted by Crippen LogP contribution is 2.05. The van der Waals surface area contributed by atoms with Gasteiger partial charge in [0, 0.05) is 0 Å². The van der Waals surface area contributed by atoms with Crippen molar-refractivity contribution >= 4 is 11.9 Å². The molecule has 0 aliphatic carbocycles. The third-order valence-corrected chi connectivity index (χ3v) is 3.21. The molecule has 0 fully saturated rings. The minimum atomic E-state index is -0.625. The first-order chi connectivity index (χ1) is 9.97. The zero-order valence-electron chi connectivity index (χ0n) is 13.8. The Hall–Kier alpha value is -1.10. The second-order valence-corrected chi connectivity index (χ2v) is 5.96. The molecule has 0 spiro atoms. The minimum Gasteiger partial charge on any atom is -0.465 e. The molecular formula is C16H32N2O3. The Kier molecular flexibility index (Phi) is 12.0. The molecular weight excluding hydrogens is 268 g/mol. The van der Waals surface area contributed by atoms with E-state index < -0.39 is 11.9 Å². The number of nitrogens with one attached hydrogen (secondary N) is 1. The zero-order valence-corrected chi connectivity index (χ0v) is 13.8. The SMILES string of the molecule is CCCCCCCCNC(CC(=O)OCC(C)C)C(N)=O. The van der Waals surface area contributed by atoms with Gasteiger partial charge in [0.1, 0.15) is 0 Å². The van der Waals surface area contributed by atoms with Crippen LogP contribution in [0.4, 0.5) is 0 Å². The number of hydrogen-bond acceptors (Lipinski definition) is 4. The van der Waals surface area contributed by atoms with Gasteiger partial charge in [-0.25, -0.2) is 0 Å². The Labute approximate surface area is 129 Å². The molecule has 0 bridgehead atoms. The highest BCUT2D eigenvalue weighted by molar-refractivity contribution is 5.85. The van der Waals surface area contributed by atoms with E-state index in [0.29, 0.717) is 13.2 Å². The maximum atomic E-state index is 11.6. The molecule has 21 heavy (non-hydrogen) atoms. The van der Waals surface area contributed by atoms with Crippen LogP contribution in [0, 0.1) is 5.92 Å². The van der Waals surface area contributed by atoms with E-state index in [1.165, 1.54) is 25.7 Å². The van der Waals surface area contributed by atoms with Crippen LogP contribution in [0.25, 0.3) is 0 Å². The number of carbonyl (C=O) groups is 2. The lowest BCUT2D eigenvalue weighted by Crippen LogP contribution is -2.43. The predicted molar refractivity (Wildman–Crippen MR) is 84.8 cm³/mol. The molecule has 5 heteroatoms. The third-order valence-electron chi connectivity index (χ3n) is 3.21. The molecule has 1 unspecified atom stereocenters. The van der Waals surface area contributed by atoms with Crippen LogP contribution in [0.15, 0.2) is 0 Å². The molecule has 0 saturated carbocycles. The molecule has 0 heterocycles. The second kappa shape index (κ2) is 12.6. The van der Waals surface area contributed by atoms with Gasteiger partial charge in [-0.1, -0.05) is 52.9 Å². The molecule has 1 amide bonds. The van der Waals surface area contributed by atoms with E-state index in [-0.39, 0.29) is 18.3 Å². The molecule has 0 aromatic rings. The van der Waals surface area contributed by atoms with Crippen molar-refractivity contribution in [3.8, 4) is 0 Å². The van der Waals surface area contributed by atoms with Crippen molar-refractivity contribution in [2.75, 3.05) is 13.2 Å². The van der Waals surface area contributed by atoms with Crippen LogP contribution in [0.1, 0.15) is 65.7 Å². The number of primary amides is 1. The van der Waals surface area contributed by atoms with Crippen molar-refractivity contribution in [1.82, 2.24) is 5.32 Å². The maximum absolute atomic E-state index is 11.6. The number of unbranched alkanes of at least 4 members (excludes halogenated alkanes) is 5. The first kappa shape index (κ1) is 19.9. The fourth-order valence-electron chi connectivity index (χ4n) is 1.94. The lowest BCUT2D eigenvalue weighted by molar-refractivity contribution is -0.146. The zero-order chi connectivity index (χ0) is 16.1. The molecule has 124 valence electrons. The predicted octanol–water partition coefficient (Wildman–Crippen LogP) is 2.38. The molecule has 0 aliphatic heterocycles. The Morgan fingerprint density at radius 2 is 1.71 bits per heavy atom. The summed E-state index contributed by atoms with van der Waals surface area (Å²) in [5.74, 6) is -0.581. The first-order valence-electron chi connectivity index (χ1n) is 8.15. The molecule has 3 N–H and O–H groups in total. The molecule has 0 radical (unpaired) electrons. The van der Waals surface area contributed by atoms with E-state index in [0.717, 1.165) is 12.8 Å². The summed E-state index contributed by atoms with van der Waals surface area (Å²) < 4.78 is 5.07. The number of carbonyl (C=O) groups excluding carboxylic acids is 2. The van der Waals surface area contributed by atoms with Crippen molar-refractivity contribution in [2.45, 2.75) is 71.8 Å². The van der Waals surface area contributed by atoms with Crippen LogP contribution in [0.5, 0.6) is 0 Å². The highest BCUT2D eigenvalue weighted by Gasteiger charge is 2.19. The lowest BCUT2D eigenvalue weighted by Gasteiger charge is -2.15. The fourth-order valence-corrected chi connectivity index (χ4v) is 1.94. The van der Waals surface area contributed by atoms with Crippen LogP contribution >= 0.6 is 0 Å². The summed E-state index contributed by atoms with van der Waals surface area (Å²) in [5.41, 5.74) is 5.31. The standard InChI is InChI=1S/C16H32N2O3/c1-4-5-6-7-8-9-10-18-14(16(17)20)11-15(19)21-12-13(2)3/h13-14,18H,4-12H2,1-3H3,(H2,17,20). The van der Waals surface area contributed by atoms with Crippen LogP contribution in [0.3, 0.4) is 0 Å². The number of nitrogens with two attached hydrogens (primary N) is 1. The monoisotopic (exact) mass is 300 g/mol. The minimum absolute atomic E-state index is 0.0118. The molecule has 0 rings (SSSR count). The largest absolute Gasteiger partial charge is 0.465 e. The summed E-state index contributed by atoms with van der Waals surface area (Å²) in [6, 6.07) is -0.625. The van der Waals surface area contributed by atoms with Gasteiger partial charge in [0.05, 0.1) is 19.1 Å². The van der Waals surface area contributed by atoms with Gasteiger partial charge >= 0.3 is 5.97 Å². The van der Waals surface area contributed by atoms with Gasteiger partial charge in [0.15, 0.2) is 0 Å². The Morgan fingerprint density at radius 3 is 2.29 bits per heavy atom. The van der Waals surface area contributed by atoms with Crippen LogP contribution < -0.4 is 11.1 Å². The highest BCUT2D eigenvalue weighted by atomic mass is 16.5. The van der Waals surface area contributed by atoms with Gasteiger partial charge in [-0.2, -0.15) is 0 Å². The summed E-state index contributed by atoms with van der Waals surface area (Å²) in [7, 11) is 0. The van der Waals surface area contributed by atoms with Gasteiger partial charge in [-0.15, -0.1) is 0 Å². The van der Waals surface area contributed by atoms with Crippen LogP contribution in [-0.4, -0.2) is 31.1 Å². The first-order valence-corrected chi connectivity index (χ1v) is 8.15. The molecule has 0 aliphatic rings. The Balaban J connectivity index is 3.82. The van der Waals surface area contributed by atoms with Crippen molar-refractivity contribution < 1.29 is 14.3 Å². The average Bonchev–Trinajstić information content (AvgIpc) is 2.42. The quantitative estimate of drug-likeness (QED) is 0.404. The molecule has 0 aromatic carbocycles.